The molecule has 1 atom stereocenters. The highest BCUT2D eigenvalue weighted by atomic mass is 31.2. The second-order valence-electron chi connectivity index (χ2n) is 5.86. The monoisotopic (exact) mass is 350 g/mol. The van der Waals surface area contributed by atoms with Crippen molar-refractivity contribution in [1.29, 1.82) is 0 Å². The van der Waals surface area contributed by atoms with E-state index in [4.69, 9.17) is 14.2 Å². The summed E-state index contributed by atoms with van der Waals surface area (Å²) in [6, 6.07) is 4.46. The van der Waals surface area contributed by atoms with E-state index in [9.17, 15) is 19.7 Å². The molecular formula is C14H25NO7P+. The fourth-order valence-corrected chi connectivity index (χ4v) is 2.44. The van der Waals surface area contributed by atoms with Gasteiger partial charge in [-0.15, -0.1) is 0 Å². The molecule has 4 N–H and O–H groups in total. The van der Waals surface area contributed by atoms with E-state index in [0.717, 1.165) is 5.56 Å². The number of hydrogen-bond acceptors (Lipinski definition) is 6. The Morgan fingerprint density at radius 1 is 1.13 bits per heavy atom. The first kappa shape index (κ1) is 19.9. The SMILES string of the molecule is C[N+](C)(CO)CCOP(=O)(O)OCCCc1ccc(O)c(O)c1. The minimum Gasteiger partial charge on any atom is -0.504 e. The maximum absolute atomic E-state index is 11.7. The van der Waals surface area contributed by atoms with E-state index in [1.54, 1.807) is 20.2 Å². The summed E-state index contributed by atoms with van der Waals surface area (Å²) >= 11 is 0. The first-order valence-corrected chi connectivity index (χ1v) is 8.70. The van der Waals surface area contributed by atoms with Gasteiger partial charge in [0.25, 0.3) is 0 Å². The zero-order valence-corrected chi connectivity index (χ0v) is 14.3. The van der Waals surface area contributed by atoms with Crippen LogP contribution in [0.25, 0.3) is 0 Å². The van der Waals surface area contributed by atoms with Crippen LogP contribution in [0.4, 0.5) is 0 Å². The average molecular weight is 350 g/mol. The van der Waals surface area contributed by atoms with E-state index in [-0.39, 0.29) is 35.9 Å². The van der Waals surface area contributed by atoms with Crippen molar-refractivity contribution >= 4 is 7.82 Å². The number of nitrogens with zero attached hydrogens (tertiary/aromatic N) is 1. The molecule has 1 aromatic rings. The van der Waals surface area contributed by atoms with E-state index >= 15 is 0 Å². The smallest absolute Gasteiger partial charge is 0.472 e. The molecule has 132 valence electrons. The van der Waals surface area contributed by atoms with Crippen molar-refractivity contribution in [2.45, 2.75) is 12.8 Å². The van der Waals surface area contributed by atoms with E-state index in [1.165, 1.54) is 12.1 Å². The zero-order valence-electron chi connectivity index (χ0n) is 13.4. The van der Waals surface area contributed by atoms with Crippen molar-refractivity contribution in [3.63, 3.8) is 0 Å². The van der Waals surface area contributed by atoms with Crippen LogP contribution in [-0.4, -0.2) is 65.3 Å². The second-order valence-corrected chi connectivity index (χ2v) is 7.32. The summed E-state index contributed by atoms with van der Waals surface area (Å²) in [5.74, 6) is -0.397. The minimum absolute atomic E-state index is 0.00677. The van der Waals surface area contributed by atoms with Crippen LogP contribution in [0.5, 0.6) is 11.5 Å². The molecule has 0 aromatic heterocycles. The molecule has 0 fully saturated rings. The molecule has 8 nitrogen and oxygen atoms in total. The number of benzene rings is 1. The normalized spacial score (nSPS) is 14.6. The predicted octanol–water partition coefficient (Wildman–Crippen LogP) is 1.19. The number of hydrogen-bond donors (Lipinski definition) is 4. The standard InChI is InChI=1S/C14H24NO7P/c1-15(2,11-16)7-9-22-23(19,20)21-8-3-4-12-5-6-13(17)14(18)10-12/h5-6,10,16H,3-4,7-9,11H2,1-2H3,(H2-,17,18,19,20)/p+1. The molecule has 0 aliphatic carbocycles. The molecule has 23 heavy (non-hydrogen) atoms. The summed E-state index contributed by atoms with van der Waals surface area (Å²) < 4.78 is 21.6. The van der Waals surface area contributed by atoms with Crippen LogP contribution < -0.4 is 0 Å². The number of phenols is 2. The zero-order chi connectivity index (χ0) is 17.5. The average Bonchev–Trinajstić information content (AvgIpc) is 2.47. The highest BCUT2D eigenvalue weighted by Gasteiger charge is 2.23. The van der Waals surface area contributed by atoms with Crippen LogP contribution in [-0.2, 0) is 20.0 Å². The third kappa shape index (κ3) is 7.78. The van der Waals surface area contributed by atoms with Crippen molar-refractivity contribution in [3.8, 4) is 11.5 Å². The molecule has 1 rings (SSSR count). The predicted molar refractivity (Wildman–Crippen MR) is 83.9 cm³/mol. The molecule has 9 heteroatoms. The van der Waals surface area contributed by atoms with Gasteiger partial charge in [-0.05, 0) is 30.5 Å². The van der Waals surface area contributed by atoms with Crippen LogP contribution in [0, 0.1) is 0 Å². The van der Waals surface area contributed by atoms with Crippen LogP contribution in [0.1, 0.15) is 12.0 Å². The maximum Gasteiger partial charge on any atom is 0.472 e. The fourth-order valence-electron chi connectivity index (χ4n) is 1.69. The summed E-state index contributed by atoms with van der Waals surface area (Å²) in [6.07, 6.45) is 0.971. The van der Waals surface area contributed by atoms with Gasteiger partial charge in [-0.2, -0.15) is 0 Å². The Balaban J connectivity index is 2.28. The van der Waals surface area contributed by atoms with E-state index in [0.29, 0.717) is 19.4 Å². The fraction of sp³-hybridized carbons (Fsp3) is 0.571. The van der Waals surface area contributed by atoms with Crippen LogP contribution >= 0.6 is 7.82 Å². The summed E-state index contributed by atoms with van der Waals surface area (Å²) in [6.45, 7) is 0.289. The summed E-state index contributed by atoms with van der Waals surface area (Å²) in [7, 11) is -0.582. The number of phosphoric ester groups is 1. The van der Waals surface area contributed by atoms with Gasteiger partial charge in [-0.25, -0.2) is 4.57 Å². The summed E-state index contributed by atoms with van der Waals surface area (Å²) in [5.41, 5.74) is 0.777. The number of likely N-dealkylation sites (N-methyl/N-ethyl adjacent to an activating group) is 1. The molecule has 0 heterocycles. The molecule has 0 aliphatic heterocycles. The van der Waals surface area contributed by atoms with Gasteiger partial charge >= 0.3 is 7.82 Å². The molecular weight excluding hydrogens is 325 g/mol. The van der Waals surface area contributed by atoms with Crippen molar-refractivity contribution in [1.82, 2.24) is 0 Å². The maximum atomic E-state index is 11.7. The lowest BCUT2D eigenvalue weighted by atomic mass is 10.1. The number of rotatable bonds is 10. The number of aromatic hydroxyl groups is 2. The Morgan fingerprint density at radius 3 is 2.39 bits per heavy atom. The van der Waals surface area contributed by atoms with Gasteiger partial charge < -0.3 is 24.7 Å². The van der Waals surface area contributed by atoms with Crippen LogP contribution in [0.3, 0.4) is 0 Å². The molecule has 0 aliphatic rings. The lowest BCUT2D eigenvalue weighted by molar-refractivity contribution is -0.908. The van der Waals surface area contributed by atoms with Crippen molar-refractivity contribution in [2.75, 3.05) is 40.6 Å². The lowest BCUT2D eigenvalue weighted by Gasteiger charge is -2.26. The molecule has 0 bridgehead atoms. The number of aliphatic hydroxyl groups is 1. The highest BCUT2D eigenvalue weighted by Crippen LogP contribution is 2.43. The van der Waals surface area contributed by atoms with Gasteiger partial charge in [0.1, 0.15) is 13.2 Å². The van der Waals surface area contributed by atoms with E-state index in [2.05, 4.69) is 0 Å². The van der Waals surface area contributed by atoms with E-state index in [1.807, 2.05) is 0 Å². The quantitative estimate of drug-likeness (QED) is 0.165. The molecule has 0 amide bonds. The number of quaternary nitrogens is 1. The van der Waals surface area contributed by atoms with E-state index < -0.39 is 7.82 Å². The molecule has 0 saturated heterocycles. The Bertz CT molecular complexity index is 550. The summed E-state index contributed by atoms with van der Waals surface area (Å²) in [4.78, 5) is 9.53. The first-order chi connectivity index (χ1) is 10.7. The van der Waals surface area contributed by atoms with Crippen molar-refractivity contribution in [2.24, 2.45) is 0 Å². The number of phenolic OH excluding ortho intramolecular Hbond substituents is 2. The minimum atomic E-state index is -4.11. The Labute approximate surface area is 135 Å². The molecule has 0 radical (unpaired) electrons. The number of aliphatic hydroxyl groups excluding tert-OH is 1. The van der Waals surface area contributed by atoms with Gasteiger partial charge in [-0.3, -0.25) is 9.05 Å². The van der Waals surface area contributed by atoms with Crippen LogP contribution in [0.2, 0.25) is 0 Å². The van der Waals surface area contributed by atoms with Crippen LogP contribution in [0.15, 0.2) is 18.2 Å². The number of aryl methyl sites for hydroxylation is 1. The van der Waals surface area contributed by atoms with Gasteiger partial charge in [0, 0.05) is 0 Å². The van der Waals surface area contributed by atoms with Gasteiger partial charge in [0.05, 0.1) is 20.7 Å². The number of phosphoric acid groups is 1. The largest absolute Gasteiger partial charge is 0.504 e. The molecule has 1 unspecified atom stereocenters. The Hall–Kier alpha value is -1.15. The topological polar surface area (TPSA) is 116 Å². The first-order valence-electron chi connectivity index (χ1n) is 7.21. The highest BCUT2D eigenvalue weighted by molar-refractivity contribution is 7.47. The third-order valence-corrected chi connectivity index (χ3v) is 4.26. The lowest BCUT2D eigenvalue weighted by Crippen LogP contribution is -2.42. The molecule has 1 aromatic carbocycles. The van der Waals surface area contributed by atoms with Crippen molar-refractivity contribution < 1.29 is 38.3 Å². The van der Waals surface area contributed by atoms with Gasteiger partial charge in [0.15, 0.2) is 18.2 Å². The van der Waals surface area contributed by atoms with Gasteiger partial charge in [-0.1, -0.05) is 6.07 Å². The Morgan fingerprint density at radius 2 is 1.78 bits per heavy atom. The summed E-state index contributed by atoms with van der Waals surface area (Å²) in [5, 5.41) is 27.6. The van der Waals surface area contributed by atoms with Crippen molar-refractivity contribution in [3.05, 3.63) is 23.8 Å². The second kappa shape index (κ2) is 8.63. The van der Waals surface area contributed by atoms with Gasteiger partial charge in [0.2, 0.25) is 0 Å². The third-order valence-electron chi connectivity index (χ3n) is 3.24. The molecule has 0 spiro atoms. The Kier molecular flexibility index (Phi) is 7.47. The molecule has 0 saturated carbocycles.